The smallest absolute Gasteiger partial charge is 0.256 e. The molecule has 10 rings (SSSR count). The number of ether oxygens (including phenoxy) is 3. The summed E-state index contributed by atoms with van der Waals surface area (Å²) in [6, 6.07) is 47.2. The summed E-state index contributed by atoms with van der Waals surface area (Å²) in [7, 11) is 0. The molecule has 14 heteroatoms. The van der Waals surface area contributed by atoms with Crippen LogP contribution in [0.25, 0.3) is 11.1 Å². The third-order valence-corrected chi connectivity index (χ3v) is 13.7. The van der Waals surface area contributed by atoms with E-state index in [0.29, 0.717) is 43.3 Å². The molecule has 0 aromatic heterocycles. The summed E-state index contributed by atoms with van der Waals surface area (Å²) < 4.78 is 18.3. The van der Waals surface area contributed by atoms with Gasteiger partial charge in [-0.05, 0) is 63.6 Å². The first kappa shape index (κ1) is 47.6. The largest absolute Gasteiger partial charge is 0.466 e. The van der Waals surface area contributed by atoms with Gasteiger partial charge in [0.25, 0.3) is 11.8 Å². The molecule has 3 atom stereocenters. The minimum absolute atomic E-state index is 0.0874. The molecule has 1 saturated heterocycles. The van der Waals surface area contributed by atoms with Gasteiger partial charge in [-0.2, -0.15) is 0 Å². The average molecular weight is 964 g/mol. The van der Waals surface area contributed by atoms with Crippen LogP contribution in [0.4, 0.5) is 0 Å². The Morgan fingerprint density at radius 2 is 1.43 bits per heavy atom. The quantitative estimate of drug-likeness (QED) is 0.0538. The fraction of sp³-hybridized carbons (Fsp3) is 0.259. The van der Waals surface area contributed by atoms with Gasteiger partial charge in [0.15, 0.2) is 17.4 Å². The number of aliphatic imine (C=N–C) groups is 1. The van der Waals surface area contributed by atoms with Crippen molar-refractivity contribution in [2.24, 2.45) is 4.99 Å². The monoisotopic (exact) mass is 963 g/mol. The lowest BCUT2D eigenvalue weighted by molar-refractivity contribution is -0.143. The van der Waals surface area contributed by atoms with Crippen LogP contribution in [0.2, 0.25) is 0 Å². The van der Waals surface area contributed by atoms with Crippen molar-refractivity contribution in [1.82, 2.24) is 20.4 Å². The van der Waals surface area contributed by atoms with Crippen molar-refractivity contribution in [3.05, 3.63) is 202 Å². The standard InChI is InChI=1S/C58H53N5O9/c64-50(32-44-15-9-17-47-48(44)35-63(56(47)68)49-26-27-51(65)60-54(49)67)42-24-22-41(23-25-42)40-20-18-39(19-21-40)37-71-31-30-70-29-28-59-52(66)36-62-34-45-14-7-8-16-46(45)53-58(57(62)69,33-38-10-3-1-4-11-38)61-55(72-53)43-12-5-2-6-13-43/h1-25,49,53H,26-37H2,(H,59,66)(H,60,65,67)/t49?,53-,58-/m0/s1. The van der Waals surface area contributed by atoms with E-state index in [2.05, 4.69) is 10.6 Å². The van der Waals surface area contributed by atoms with Gasteiger partial charge in [0, 0.05) is 61.2 Å². The Balaban J connectivity index is 0.671. The maximum absolute atomic E-state index is 14.8. The van der Waals surface area contributed by atoms with Gasteiger partial charge in [-0.1, -0.05) is 133 Å². The number of rotatable bonds is 18. The number of benzene rings is 6. The van der Waals surface area contributed by atoms with Crippen molar-refractivity contribution < 1.29 is 43.0 Å². The zero-order valence-corrected chi connectivity index (χ0v) is 39.6. The number of fused-ring (bicyclic) bond motifs is 4. The molecule has 5 amide bonds. The maximum Gasteiger partial charge on any atom is 0.256 e. The first-order valence-electron chi connectivity index (χ1n) is 24.3. The fourth-order valence-electron chi connectivity index (χ4n) is 10.0. The van der Waals surface area contributed by atoms with E-state index in [1.807, 2.05) is 127 Å². The molecule has 2 N–H and O–H groups in total. The van der Waals surface area contributed by atoms with E-state index in [1.165, 1.54) is 4.90 Å². The van der Waals surface area contributed by atoms with Crippen LogP contribution in [-0.4, -0.2) is 95.5 Å². The van der Waals surface area contributed by atoms with Gasteiger partial charge in [0.2, 0.25) is 23.6 Å². The summed E-state index contributed by atoms with van der Waals surface area (Å²) in [5.41, 5.74) is 7.59. The normalized spacial score (nSPS) is 19.1. The van der Waals surface area contributed by atoms with Crippen LogP contribution < -0.4 is 10.6 Å². The van der Waals surface area contributed by atoms with E-state index in [1.54, 1.807) is 29.2 Å². The molecule has 14 nitrogen and oxygen atoms in total. The Morgan fingerprint density at radius 3 is 2.19 bits per heavy atom. The Morgan fingerprint density at radius 1 is 0.722 bits per heavy atom. The second-order valence-corrected chi connectivity index (χ2v) is 18.5. The second kappa shape index (κ2) is 21.1. The van der Waals surface area contributed by atoms with Crippen LogP contribution in [0, 0.1) is 0 Å². The van der Waals surface area contributed by atoms with Crippen molar-refractivity contribution in [3.8, 4) is 11.1 Å². The van der Waals surface area contributed by atoms with Crippen molar-refractivity contribution in [2.75, 3.05) is 32.9 Å². The Kier molecular flexibility index (Phi) is 14.0. The highest BCUT2D eigenvalue weighted by molar-refractivity contribution is 6.06. The number of Topliss-reactive ketones (excluding diaryl/α,β-unsaturated/α-hetero) is 1. The maximum atomic E-state index is 14.8. The van der Waals surface area contributed by atoms with E-state index in [-0.39, 0.29) is 81.5 Å². The van der Waals surface area contributed by atoms with Crippen LogP contribution in [0.5, 0.6) is 0 Å². The molecular weight excluding hydrogens is 911 g/mol. The number of carbonyl (C=O) groups is 6. The third-order valence-electron chi connectivity index (χ3n) is 13.7. The molecule has 1 fully saturated rings. The molecule has 72 heavy (non-hydrogen) atoms. The molecule has 0 radical (unpaired) electrons. The predicted octanol–water partition coefficient (Wildman–Crippen LogP) is 6.73. The van der Waals surface area contributed by atoms with E-state index in [0.717, 1.165) is 50.1 Å². The van der Waals surface area contributed by atoms with Crippen molar-refractivity contribution in [2.45, 2.75) is 63.1 Å². The topological polar surface area (TPSA) is 173 Å². The third kappa shape index (κ3) is 10.1. The predicted molar refractivity (Wildman–Crippen MR) is 267 cm³/mol. The van der Waals surface area contributed by atoms with E-state index in [9.17, 15) is 28.8 Å². The number of ketones is 1. The molecule has 0 spiro atoms. The van der Waals surface area contributed by atoms with Gasteiger partial charge in [0.1, 0.15) is 6.04 Å². The summed E-state index contributed by atoms with van der Waals surface area (Å²) in [5, 5.41) is 5.24. The average Bonchev–Trinajstić information content (AvgIpc) is 3.93. The second-order valence-electron chi connectivity index (χ2n) is 18.5. The van der Waals surface area contributed by atoms with Crippen LogP contribution in [-0.2, 0) is 65.9 Å². The van der Waals surface area contributed by atoms with Crippen LogP contribution in [0.3, 0.4) is 0 Å². The van der Waals surface area contributed by atoms with Crippen LogP contribution in [0.15, 0.2) is 157 Å². The first-order chi connectivity index (χ1) is 35.1. The number of hydrogen-bond acceptors (Lipinski definition) is 10. The summed E-state index contributed by atoms with van der Waals surface area (Å²) in [6.07, 6.45) is 0.171. The van der Waals surface area contributed by atoms with Crippen molar-refractivity contribution >= 4 is 41.2 Å². The van der Waals surface area contributed by atoms with Crippen molar-refractivity contribution in [1.29, 1.82) is 0 Å². The minimum atomic E-state index is -1.33. The molecule has 364 valence electrons. The molecule has 6 aromatic rings. The number of nitrogens with one attached hydrogen (secondary N) is 2. The lowest BCUT2D eigenvalue weighted by Crippen LogP contribution is -2.52. The van der Waals surface area contributed by atoms with Gasteiger partial charge in [-0.15, -0.1) is 0 Å². The zero-order chi connectivity index (χ0) is 49.6. The number of amides is 5. The fourth-order valence-corrected chi connectivity index (χ4v) is 10.0. The Labute approximate surface area is 417 Å². The molecule has 4 heterocycles. The number of carbonyl (C=O) groups excluding carboxylic acids is 6. The summed E-state index contributed by atoms with van der Waals surface area (Å²) in [4.78, 5) is 87.4. The van der Waals surface area contributed by atoms with Gasteiger partial charge in [-0.3, -0.25) is 34.1 Å². The van der Waals surface area contributed by atoms with Crippen molar-refractivity contribution in [3.63, 3.8) is 0 Å². The molecular formula is C58H53N5O9. The van der Waals surface area contributed by atoms with Gasteiger partial charge >= 0.3 is 0 Å². The molecule has 0 bridgehead atoms. The Bertz CT molecular complexity index is 3050. The van der Waals surface area contributed by atoms with E-state index in [4.69, 9.17) is 19.2 Å². The SMILES string of the molecule is O=C(CN1Cc2ccccc2[C@@H]2OC(c3ccccc3)=N[C@]2(Cc2ccccc2)C1=O)NCCOCCOCc1ccc(-c2ccc(C(=O)Cc3cccc4c3CN(C3CCC(=O)NC3=O)C4=O)cc2)cc1. The first-order valence-corrected chi connectivity index (χ1v) is 24.3. The molecule has 4 aliphatic rings. The number of imide groups is 1. The zero-order valence-electron chi connectivity index (χ0n) is 39.6. The molecule has 1 unspecified atom stereocenters. The minimum Gasteiger partial charge on any atom is -0.466 e. The van der Waals surface area contributed by atoms with E-state index < -0.39 is 23.6 Å². The molecule has 6 aromatic carbocycles. The number of piperidine rings is 1. The lowest BCUT2D eigenvalue weighted by atomic mass is 9.81. The lowest BCUT2D eigenvalue weighted by Gasteiger charge is -2.32. The summed E-state index contributed by atoms with van der Waals surface area (Å²) >= 11 is 0. The van der Waals surface area contributed by atoms with E-state index >= 15 is 0 Å². The highest BCUT2D eigenvalue weighted by Crippen LogP contribution is 2.46. The van der Waals surface area contributed by atoms with Gasteiger partial charge in [-0.25, -0.2) is 4.99 Å². The van der Waals surface area contributed by atoms with Crippen LogP contribution >= 0.6 is 0 Å². The molecule has 0 saturated carbocycles. The van der Waals surface area contributed by atoms with Crippen LogP contribution in [0.1, 0.15) is 78.6 Å². The van der Waals surface area contributed by atoms with Gasteiger partial charge in [0.05, 0.1) is 33.0 Å². The summed E-state index contributed by atoms with van der Waals surface area (Å²) in [5.74, 6) is -1.34. The highest BCUT2D eigenvalue weighted by atomic mass is 16.5. The summed E-state index contributed by atoms with van der Waals surface area (Å²) in [6.45, 7) is 1.89. The molecule has 0 aliphatic carbocycles. The molecule has 4 aliphatic heterocycles. The van der Waals surface area contributed by atoms with Gasteiger partial charge < -0.3 is 29.3 Å². The number of nitrogens with zero attached hydrogens (tertiary/aromatic N) is 3. The Hall–Kier alpha value is -8.07. The number of hydrogen-bond donors (Lipinski definition) is 2. The highest BCUT2D eigenvalue weighted by Gasteiger charge is 2.57.